The largest absolute Gasteiger partial charge is 0.445 e. The van der Waals surface area contributed by atoms with Crippen LogP contribution < -0.4 is 0 Å². The molecule has 0 bridgehead atoms. The molecular formula is C26H27N3O3. The second-order valence-electron chi connectivity index (χ2n) is 8.79. The highest BCUT2D eigenvalue weighted by atomic mass is 16.5. The number of ether oxygens (including phenoxy) is 1. The topological polar surface area (TPSA) is 60.5 Å². The summed E-state index contributed by atoms with van der Waals surface area (Å²) in [5.74, 6) is 0.888. The molecule has 4 aromatic rings. The average molecular weight is 430 g/mol. The first kappa shape index (κ1) is 19.7. The summed E-state index contributed by atoms with van der Waals surface area (Å²) < 4.78 is 13.4. The van der Waals surface area contributed by atoms with Crippen molar-refractivity contribution in [1.29, 1.82) is 0 Å². The molecule has 1 saturated heterocycles. The molecule has 164 valence electrons. The van der Waals surface area contributed by atoms with E-state index >= 15 is 0 Å². The maximum atomic E-state index is 12.4. The van der Waals surface area contributed by atoms with E-state index < -0.39 is 0 Å². The molecule has 2 aliphatic rings. The van der Waals surface area contributed by atoms with Crippen LogP contribution in [-0.4, -0.2) is 53.1 Å². The van der Waals surface area contributed by atoms with Gasteiger partial charge in [0, 0.05) is 59.0 Å². The first-order valence-corrected chi connectivity index (χ1v) is 11.6. The van der Waals surface area contributed by atoms with E-state index in [-0.39, 0.29) is 5.78 Å². The molecule has 0 N–H and O–H groups in total. The van der Waals surface area contributed by atoms with Crippen LogP contribution in [0.5, 0.6) is 0 Å². The van der Waals surface area contributed by atoms with Gasteiger partial charge in [0.15, 0.2) is 5.78 Å². The number of benzene rings is 2. The summed E-state index contributed by atoms with van der Waals surface area (Å²) in [6.45, 7) is 5.87. The van der Waals surface area contributed by atoms with E-state index in [1.54, 1.807) is 12.5 Å². The molecule has 2 aromatic heterocycles. The van der Waals surface area contributed by atoms with Gasteiger partial charge in [-0.05, 0) is 61.7 Å². The molecule has 0 atom stereocenters. The number of aryl methyl sites for hydroxylation is 2. The van der Waals surface area contributed by atoms with E-state index in [1.807, 2.05) is 6.07 Å². The third kappa shape index (κ3) is 3.34. The maximum Gasteiger partial charge on any atom is 0.225 e. The number of unbranched alkanes of at least 4 members (excludes halogenated alkanes) is 1. The molecule has 0 amide bonds. The number of ketones is 1. The summed E-state index contributed by atoms with van der Waals surface area (Å²) in [5, 5.41) is 2.42. The Balaban J connectivity index is 1.38. The quantitative estimate of drug-likeness (QED) is 0.416. The monoisotopic (exact) mass is 429 g/mol. The number of hydrogen-bond donors (Lipinski definition) is 0. The van der Waals surface area contributed by atoms with E-state index in [9.17, 15) is 4.79 Å². The fourth-order valence-corrected chi connectivity index (χ4v) is 5.33. The zero-order valence-electron chi connectivity index (χ0n) is 18.2. The van der Waals surface area contributed by atoms with E-state index in [4.69, 9.17) is 9.15 Å². The van der Waals surface area contributed by atoms with Gasteiger partial charge in [-0.25, -0.2) is 4.98 Å². The zero-order valence-corrected chi connectivity index (χ0v) is 18.2. The summed E-state index contributed by atoms with van der Waals surface area (Å²) in [6.07, 6.45) is 7.00. The lowest BCUT2D eigenvalue weighted by molar-refractivity contribution is 0.0371. The molecule has 6 heteroatoms. The minimum absolute atomic E-state index is 0.261. The first-order chi connectivity index (χ1) is 15.8. The van der Waals surface area contributed by atoms with Gasteiger partial charge >= 0.3 is 0 Å². The lowest BCUT2D eigenvalue weighted by atomic mass is 10.0. The molecule has 2 aromatic carbocycles. The van der Waals surface area contributed by atoms with Gasteiger partial charge in [-0.1, -0.05) is 0 Å². The minimum Gasteiger partial charge on any atom is -0.445 e. The summed E-state index contributed by atoms with van der Waals surface area (Å²) in [6, 6.07) is 10.6. The molecule has 0 unspecified atom stereocenters. The predicted octanol–water partition coefficient (Wildman–Crippen LogP) is 4.69. The van der Waals surface area contributed by atoms with Crippen molar-refractivity contribution in [3.63, 3.8) is 0 Å². The molecule has 1 aliphatic heterocycles. The number of rotatable bonds is 6. The molecule has 32 heavy (non-hydrogen) atoms. The molecule has 3 heterocycles. The first-order valence-electron chi connectivity index (χ1n) is 11.6. The molecule has 0 spiro atoms. The van der Waals surface area contributed by atoms with Gasteiger partial charge in [-0.2, -0.15) is 0 Å². The maximum absolute atomic E-state index is 12.4. The van der Waals surface area contributed by atoms with E-state index in [1.165, 1.54) is 33.8 Å². The van der Waals surface area contributed by atoms with Gasteiger partial charge in [-0.15, -0.1) is 0 Å². The number of hydrogen-bond acceptors (Lipinski definition) is 5. The average Bonchev–Trinajstić information content (AvgIpc) is 3.56. The van der Waals surface area contributed by atoms with Gasteiger partial charge in [-0.3, -0.25) is 9.69 Å². The second kappa shape index (κ2) is 8.19. The molecular weight excluding hydrogens is 402 g/mol. The summed E-state index contributed by atoms with van der Waals surface area (Å²) in [7, 11) is 0. The highest BCUT2D eigenvalue weighted by Crippen LogP contribution is 2.38. The zero-order chi connectivity index (χ0) is 21.5. The van der Waals surface area contributed by atoms with Crippen LogP contribution in [0.1, 0.15) is 35.2 Å². The van der Waals surface area contributed by atoms with Crippen molar-refractivity contribution in [3.05, 3.63) is 53.9 Å². The minimum atomic E-state index is 0.261. The van der Waals surface area contributed by atoms with E-state index in [0.29, 0.717) is 12.3 Å². The van der Waals surface area contributed by atoms with Crippen molar-refractivity contribution in [2.75, 3.05) is 32.8 Å². The Morgan fingerprint density at radius 2 is 1.81 bits per heavy atom. The fraction of sp³-hybridized carbons (Fsp3) is 0.385. The highest BCUT2D eigenvalue weighted by molar-refractivity contribution is 6.15. The van der Waals surface area contributed by atoms with Gasteiger partial charge < -0.3 is 13.7 Å². The molecule has 6 nitrogen and oxygen atoms in total. The van der Waals surface area contributed by atoms with Crippen molar-refractivity contribution in [2.45, 2.75) is 32.2 Å². The van der Waals surface area contributed by atoms with Crippen molar-refractivity contribution in [2.24, 2.45) is 0 Å². The number of carbonyl (C=O) groups excluding carboxylic acids is 1. The van der Waals surface area contributed by atoms with Crippen molar-refractivity contribution in [3.8, 4) is 11.5 Å². The Kier molecular flexibility index (Phi) is 5.04. The summed E-state index contributed by atoms with van der Waals surface area (Å²) >= 11 is 0. The van der Waals surface area contributed by atoms with Crippen LogP contribution in [0.25, 0.3) is 33.3 Å². The highest BCUT2D eigenvalue weighted by Gasteiger charge is 2.25. The van der Waals surface area contributed by atoms with Gasteiger partial charge in [0.25, 0.3) is 0 Å². The standard InChI is InChI=1S/C26H27N3O3/c30-24-8-5-20-19(24)4-7-23-25(20)21-17-18(26-27-9-14-32-26)3-6-22(21)29(23)11-2-1-10-28-12-15-31-16-13-28/h3-4,6-7,9,14,17H,1-2,5,8,10-13,15-16H2. The number of carbonyl (C=O) groups is 1. The van der Waals surface area contributed by atoms with Crippen molar-refractivity contribution < 1.29 is 13.9 Å². The van der Waals surface area contributed by atoms with Crippen molar-refractivity contribution in [1.82, 2.24) is 14.5 Å². The van der Waals surface area contributed by atoms with Crippen LogP contribution in [0.3, 0.4) is 0 Å². The lowest BCUT2D eigenvalue weighted by Gasteiger charge is -2.26. The molecule has 0 radical (unpaired) electrons. The Labute approximate surface area is 186 Å². The smallest absolute Gasteiger partial charge is 0.225 e. The predicted molar refractivity (Wildman–Crippen MR) is 124 cm³/mol. The number of fused-ring (bicyclic) bond motifs is 5. The number of Topliss-reactive ketones (excluding diaryl/α,β-unsaturated/α-hetero) is 1. The summed E-state index contributed by atoms with van der Waals surface area (Å²) in [5.41, 5.74) is 5.51. The Bertz CT molecular complexity index is 1280. The van der Waals surface area contributed by atoms with Gasteiger partial charge in [0.1, 0.15) is 6.26 Å². The Morgan fingerprint density at radius 3 is 2.66 bits per heavy atom. The number of aromatic nitrogens is 2. The van der Waals surface area contributed by atoms with E-state index in [2.05, 4.69) is 38.7 Å². The number of morpholine rings is 1. The molecule has 0 saturated carbocycles. The fourth-order valence-electron chi connectivity index (χ4n) is 5.33. The summed E-state index contributed by atoms with van der Waals surface area (Å²) in [4.78, 5) is 19.2. The molecule has 1 fully saturated rings. The van der Waals surface area contributed by atoms with Crippen LogP contribution in [0.15, 0.2) is 47.2 Å². The molecule has 1 aliphatic carbocycles. The number of oxazole rings is 1. The lowest BCUT2D eigenvalue weighted by Crippen LogP contribution is -2.36. The van der Waals surface area contributed by atoms with Crippen LogP contribution in [0.2, 0.25) is 0 Å². The second-order valence-corrected chi connectivity index (χ2v) is 8.79. The normalized spacial score (nSPS) is 16.9. The van der Waals surface area contributed by atoms with Gasteiger partial charge in [0.2, 0.25) is 5.89 Å². The third-order valence-corrected chi connectivity index (χ3v) is 6.93. The third-order valence-electron chi connectivity index (χ3n) is 6.93. The number of nitrogens with zero attached hydrogens (tertiary/aromatic N) is 3. The van der Waals surface area contributed by atoms with Gasteiger partial charge in [0.05, 0.1) is 19.4 Å². The van der Waals surface area contributed by atoms with Crippen LogP contribution in [0, 0.1) is 0 Å². The van der Waals surface area contributed by atoms with E-state index in [0.717, 1.165) is 63.4 Å². The molecule has 6 rings (SSSR count). The Morgan fingerprint density at radius 1 is 0.969 bits per heavy atom. The van der Waals surface area contributed by atoms with Crippen molar-refractivity contribution >= 4 is 27.6 Å². The SMILES string of the molecule is O=C1CCc2c1ccc1c2c2cc(-c3ncco3)ccc2n1CCCCN1CCOCC1. The van der Waals surface area contributed by atoms with Crippen LogP contribution in [0.4, 0.5) is 0 Å². The van der Waals surface area contributed by atoms with Crippen LogP contribution >= 0.6 is 0 Å². The van der Waals surface area contributed by atoms with Crippen LogP contribution in [-0.2, 0) is 17.7 Å². The Hall–Kier alpha value is -2.96.